The lowest BCUT2D eigenvalue weighted by atomic mass is 9.85. The predicted octanol–water partition coefficient (Wildman–Crippen LogP) is 2.83. The summed E-state index contributed by atoms with van der Waals surface area (Å²) in [6, 6.07) is 10.2. The molecule has 1 heterocycles. The van der Waals surface area contributed by atoms with E-state index in [-0.39, 0.29) is 40.5 Å². The van der Waals surface area contributed by atoms with Gasteiger partial charge in [-0.2, -0.15) is 0 Å². The summed E-state index contributed by atoms with van der Waals surface area (Å²) in [5.74, 6) is -0.846. The molecule has 0 radical (unpaired) electrons. The number of fused-ring (bicyclic) bond motifs is 1. The van der Waals surface area contributed by atoms with E-state index in [1.165, 1.54) is 24.3 Å². The summed E-state index contributed by atoms with van der Waals surface area (Å²) in [7, 11) is -3.77. The van der Waals surface area contributed by atoms with Crippen LogP contribution in [-0.4, -0.2) is 32.8 Å². The first-order valence-electron chi connectivity index (χ1n) is 11.2. The highest BCUT2D eigenvalue weighted by molar-refractivity contribution is 7.89. The first kappa shape index (κ1) is 23.4. The summed E-state index contributed by atoms with van der Waals surface area (Å²) >= 11 is 0. The van der Waals surface area contributed by atoms with Gasteiger partial charge in [0.2, 0.25) is 15.9 Å². The number of rotatable bonds is 6. The van der Waals surface area contributed by atoms with Crippen molar-refractivity contribution in [1.29, 1.82) is 0 Å². The second-order valence-electron chi connectivity index (χ2n) is 8.78. The lowest BCUT2D eigenvalue weighted by Gasteiger charge is -2.29. The Morgan fingerprint density at radius 3 is 2.48 bits per heavy atom. The topological polar surface area (TPSA) is 104 Å². The zero-order chi connectivity index (χ0) is 23.6. The number of halogens is 1. The zero-order valence-electron chi connectivity index (χ0n) is 18.4. The SMILES string of the molecule is C[C@@H](NC(=O)C1CCC(NS(=O)(=O)c2ccc3c(c2)C(=O)NCC3)CC1)c1ccc(F)cc1. The van der Waals surface area contributed by atoms with Crippen LogP contribution in [0.1, 0.15) is 60.1 Å². The van der Waals surface area contributed by atoms with Gasteiger partial charge in [0.25, 0.3) is 5.91 Å². The Kier molecular flexibility index (Phi) is 6.81. The molecular weight excluding hydrogens is 445 g/mol. The number of amides is 2. The van der Waals surface area contributed by atoms with Crippen LogP contribution < -0.4 is 15.4 Å². The minimum atomic E-state index is -3.77. The Balaban J connectivity index is 1.32. The van der Waals surface area contributed by atoms with E-state index in [2.05, 4.69) is 15.4 Å². The van der Waals surface area contributed by atoms with Crippen molar-refractivity contribution in [3.05, 3.63) is 65.0 Å². The lowest BCUT2D eigenvalue weighted by molar-refractivity contribution is -0.126. The Hall–Kier alpha value is -2.78. The first-order valence-corrected chi connectivity index (χ1v) is 12.7. The molecule has 1 fully saturated rings. The molecule has 9 heteroatoms. The van der Waals surface area contributed by atoms with Gasteiger partial charge < -0.3 is 10.6 Å². The normalized spacial score (nSPS) is 21.6. The third-order valence-electron chi connectivity index (χ3n) is 6.46. The van der Waals surface area contributed by atoms with Crippen molar-refractivity contribution in [2.45, 2.75) is 56.0 Å². The maximum atomic E-state index is 13.1. The van der Waals surface area contributed by atoms with Gasteiger partial charge in [0, 0.05) is 24.1 Å². The maximum Gasteiger partial charge on any atom is 0.251 e. The van der Waals surface area contributed by atoms with Crippen molar-refractivity contribution in [2.24, 2.45) is 5.92 Å². The second-order valence-corrected chi connectivity index (χ2v) is 10.5. The van der Waals surface area contributed by atoms with Crippen molar-refractivity contribution in [3.63, 3.8) is 0 Å². The van der Waals surface area contributed by atoms with Gasteiger partial charge in [0.1, 0.15) is 5.82 Å². The molecule has 33 heavy (non-hydrogen) atoms. The van der Waals surface area contributed by atoms with E-state index in [1.807, 2.05) is 6.92 Å². The van der Waals surface area contributed by atoms with E-state index < -0.39 is 10.0 Å². The van der Waals surface area contributed by atoms with E-state index >= 15 is 0 Å². The fourth-order valence-corrected chi connectivity index (χ4v) is 5.82. The molecule has 0 aromatic heterocycles. The van der Waals surface area contributed by atoms with Crippen LogP contribution in [0, 0.1) is 11.7 Å². The van der Waals surface area contributed by atoms with Crippen LogP contribution in [0.3, 0.4) is 0 Å². The van der Waals surface area contributed by atoms with Crippen LogP contribution in [0.4, 0.5) is 4.39 Å². The summed E-state index contributed by atoms with van der Waals surface area (Å²) in [4.78, 5) is 24.8. The molecule has 0 spiro atoms. The number of benzene rings is 2. The molecule has 1 atom stereocenters. The molecule has 3 N–H and O–H groups in total. The molecule has 1 saturated carbocycles. The summed E-state index contributed by atoms with van der Waals surface area (Å²) in [6.45, 7) is 2.40. The number of nitrogens with one attached hydrogen (secondary N) is 3. The van der Waals surface area contributed by atoms with Crippen molar-refractivity contribution in [1.82, 2.24) is 15.4 Å². The lowest BCUT2D eigenvalue weighted by Crippen LogP contribution is -2.41. The van der Waals surface area contributed by atoms with Gasteiger partial charge >= 0.3 is 0 Å². The van der Waals surface area contributed by atoms with E-state index in [0.717, 1.165) is 11.1 Å². The van der Waals surface area contributed by atoms with E-state index in [1.54, 1.807) is 18.2 Å². The molecule has 1 aliphatic carbocycles. The van der Waals surface area contributed by atoms with Crippen molar-refractivity contribution < 1.29 is 22.4 Å². The third-order valence-corrected chi connectivity index (χ3v) is 7.98. The van der Waals surface area contributed by atoms with E-state index in [4.69, 9.17) is 0 Å². The number of carbonyl (C=O) groups excluding carboxylic acids is 2. The molecule has 176 valence electrons. The molecule has 0 saturated heterocycles. The van der Waals surface area contributed by atoms with Gasteiger partial charge in [0.15, 0.2) is 0 Å². The molecule has 0 bridgehead atoms. The Morgan fingerprint density at radius 1 is 1.09 bits per heavy atom. The van der Waals surface area contributed by atoms with Crippen molar-refractivity contribution >= 4 is 21.8 Å². The monoisotopic (exact) mass is 473 g/mol. The van der Waals surface area contributed by atoms with Gasteiger partial charge in [-0.3, -0.25) is 9.59 Å². The molecule has 4 rings (SSSR count). The van der Waals surface area contributed by atoms with Crippen LogP contribution in [0.25, 0.3) is 0 Å². The van der Waals surface area contributed by atoms with Gasteiger partial charge in [-0.1, -0.05) is 18.2 Å². The summed E-state index contributed by atoms with van der Waals surface area (Å²) in [5.41, 5.74) is 2.07. The van der Waals surface area contributed by atoms with Gasteiger partial charge in [0.05, 0.1) is 10.9 Å². The Bertz CT molecular complexity index is 1140. The quantitative estimate of drug-likeness (QED) is 0.600. The molecule has 7 nitrogen and oxygen atoms in total. The van der Waals surface area contributed by atoms with E-state index in [0.29, 0.717) is 44.2 Å². The van der Waals surface area contributed by atoms with Crippen LogP contribution >= 0.6 is 0 Å². The largest absolute Gasteiger partial charge is 0.352 e. The zero-order valence-corrected chi connectivity index (χ0v) is 19.3. The molecule has 2 aromatic carbocycles. The van der Waals surface area contributed by atoms with Crippen LogP contribution in [0.2, 0.25) is 0 Å². The number of carbonyl (C=O) groups is 2. The standard InChI is InChI=1S/C24H28FN3O4S/c1-15(16-2-7-19(25)8-3-16)27-23(29)18-4-9-20(10-5-18)28-33(31,32)21-11-6-17-12-13-26-24(30)22(17)14-21/h2-3,6-8,11,14-15,18,20,28H,4-5,9-10,12-13H2,1H3,(H,26,30)(H,27,29)/t15-,18?,20?/m1/s1. The van der Waals surface area contributed by atoms with Gasteiger partial charge in [-0.05, 0) is 74.4 Å². The highest BCUT2D eigenvalue weighted by Gasteiger charge is 2.30. The summed E-state index contributed by atoms with van der Waals surface area (Å²) in [6.07, 6.45) is 2.92. The molecule has 2 aliphatic rings. The van der Waals surface area contributed by atoms with Crippen molar-refractivity contribution in [3.8, 4) is 0 Å². The number of sulfonamides is 1. The van der Waals surface area contributed by atoms with Crippen LogP contribution in [0.5, 0.6) is 0 Å². The summed E-state index contributed by atoms with van der Waals surface area (Å²) < 4.78 is 41.6. The Morgan fingerprint density at radius 2 is 1.79 bits per heavy atom. The molecule has 2 aromatic rings. The highest BCUT2D eigenvalue weighted by atomic mass is 32.2. The maximum absolute atomic E-state index is 13.1. The minimum absolute atomic E-state index is 0.0752. The van der Waals surface area contributed by atoms with E-state index in [9.17, 15) is 22.4 Å². The fourth-order valence-electron chi connectivity index (χ4n) is 4.48. The second kappa shape index (κ2) is 9.61. The number of hydrogen-bond donors (Lipinski definition) is 3. The smallest absolute Gasteiger partial charge is 0.251 e. The average molecular weight is 474 g/mol. The molecular formula is C24H28FN3O4S. The van der Waals surface area contributed by atoms with Gasteiger partial charge in [-0.15, -0.1) is 0 Å². The van der Waals surface area contributed by atoms with Crippen LogP contribution in [0.15, 0.2) is 47.4 Å². The third kappa shape index (κ3) is 5.42. The fraction of sp³-hybridized carbons (Fsp3) is 0.417. The van der Waals surface area contributed by atoms with Gasteiger partial charge in [-0.25, -0.2) is 17.5 Å². The molecule has 1 aliphatic heterocycles. The highest BCUT2D eigenvalue weighted by Crippen LogP contribution is 2.27. The number of hydrogen-bond acceptors (Lipinski definition) is 4. The van der Waals surface area contributed by atoms with Crippen molar-refractivity contribution in [2.75, 3.05) is 6.54 Å². The first-order chi connectivity index (χ1) is 15.7. The average Bonchev–Trinajstić information content (AvgIpc) is 2.79. The Labute approximate surface area is 193 Å². The van der Waals surface area contributed by atoms with Crippen LogP contribution in [-0.2, 0) is 21.2 Å². The summed E-state index contributed by atoms with van der Waals surface area (Å²) in [5, 5.41) is 5.70. The minimum Gasteiger partial charge on any atom is -0.352 e. The molecule has 0 unspecified atom stereocenters. The molecule has 2 amide bonds. The predicted molar refractivity (Wildman–Crippen MR) is 122 cm³/mol.